The average Bonchev–Trinajstić information content (AvgIpc) is 3.28. The first kappa shape index (κ1) is 27.0. The predicted octanol–water partition coefficient (Wildman–Crippen LogP) is 4.20. The summed E-state index contributed by atoms with van der Waals surface area (Å²) < 4.78 is 26.5. The second kappa shape index (κ2) is 11.4. The quantitative estimate of drug-likeness (QED) is 0.538. The Morgan fingerprint density at radius 2 is 1.63 bits per heavy atom. The Morgan fingerprint density at radius 3 is 2.17 bits per heavy atom. The number of anilines is 1. The fourth-order valence-corrected chi connectivity index (χ4v) is 5.43. The van der Waals surface area contributed by atoms with Crippen LogP contribution in [0.4, 0.5) is 5.69 Å². The Balaban J connectivity index is 1.89. The van der Waals surface area contributed by atoms with Gasteiger partial charge in [0.05, 0.1) is 11.9 Å². The van der Waals surface area contributed by atoms with Crippen LogP contribution in [0.3, 0.4) is 0 Å². The molecular formula is C26H34ClN3O4S. The largest absolute Gasteiger partial charge is 0.352 e. The van der Waals surface area contributed by atoms with E-state index in [0.717, 1.165) is 52.9 Å². The third-order valence-corrected chi connectivity index (χ3v) is 7.70. The highest BCUT2D eigenvalue weighted by molar-refractivity contribution is 7.92. The Bertz CT molecular complexity index is 1140. The smallest absolute Gasteiger partial charge is 0.244 e. The van der Waals surface area contributed by atoms with Gasteiger partial charge in [-0.1, -0.05) is 42.6 Å². The summed E-state index contributed by atoms with van der Waals surface area (Å²) >= 11 is 6.01. The molecule has 2 aromatic carbocycles. The van der Waals surface area contributed by atoms with E-state index < -0.39 is 28.5 Å². The number of sulfonamides is 1. The first-order valence-corrected chi connectivity index (χ1v) is 14.1. The molecule has 7 nitrogen and oxygen atoms in total. The first-order chi connectivity index (χ1) is 16.4. The molecule has 2 amide bonds. The van der Waals surface area contributed by atoms with Crippen molar-refractivity contribution >= 4 is 39.1 Å². The molecule has 0 heterocycles. The Labute approximate surface area is 213 Å². The molecule has 0 spiro atoms. The second-order valence-electron chi connectivity index (χ2n) is 9.43. The van der Waals surface area contributed by atoms with E-state index in [1.807, 2.05) is 19.9 Å². The number of amides is 2. The summed E-state index contributed by atoms with van der Waals surface area (Å²) in [6, 6.07) is 11.8. The van der Waals surface area contributed by atoms with Crippen LogP contribution >= 0.6 is 11.6 Å². The van der Waals surface area contributed by atoms with Crippen LogP contribution in [-0.4, -0.2) is 50.0 Å². The molecule has 35 heavy (non-hydrogen) atoms. The van der Waals surface area contributed by atoms with Gasteiger partial charge in [0.1, 0.15) is 12.6 Å². The minimum Gasteiger partial charge on any atom is -0.352 e. The summed E-state index contributed by atoms with van der Waals surface area (Å²) in [6.45, 7) is 5.18. The van der Waals surface area contributed by atoms with Gasteiger partial charge in [0.15, 0.2) is 0 Å². The molecule has 9 heteroatoms. The van der Waals surface area contributed by atoms with Gasteiger partial charge in [0, 0.05) is 17.6 Å². The maximum atomic E-state index is 13.6. The van der Waals surface area contributed by atoms with E-state index in [1.54, 1.807) is 43.3 Å². The van der Waals surface area contributed by atoms with Crippen LogP contribution in [0.1, 0.15) is 49.3 Å². The Hall–Kier alpha value is -2.58. The number of nitrogens with zero attached hydrogens (tertiary/aromatic N) is 2. The van der Waals surface area contributed by atoms with E-state index >= 15 is 0 Å². The van der Waals surface area contributed by atoms with Gasteiger partial charge in [-0.25, -0.2) is 8.42 Å². The number of hydrogen-bond donors (Lipinski definition) is 1. The minimum absolute atomic E-state index is 0.111. The third-order valence-electron chi connectivity index (χ3n) is 6.31. The molecule has 0 radical (unpaired) electrons. The molecule has 3 rings (SSSR count). The molecule has 0 aliphatic heterocycles. The van der Waals surface area contributed by atoms with Crippen molar-refractivity contribution in [2.24, 2.45) is 0 Å². The summed E-state index contributed by atoms with van der Waals surface area (Å²) in [7, 11) is -3.76. The van der Waals surface area contributed by atoms with Crippen LogP contribution in [0.5, 0.6) is 0 Å². The monoisotopic (exact) mass is 519 g/mol. The van der Waals surface area contributed by atoms with Crippen molar-refractivity contribution in [1.82, 2.24) is 10.2 Å². The van der Waals surface area contributed by atoms with Crippen LogP contribution in [0.25, 0.3) is 0 Å². The van der Waals surface area contributed by atoms with Crippen molar-refractivity contribution in [3.63, 3.8) is 0 Å². The number of nitrogens with one attached hydrogen (secondary N) is 1. The molecule has 1 saturated carbocycles. The van der Waals surface area contributed by atoms with Crippen molar-refractivity contribution in [1.29, 1.82) is 0 Å². The van der Waals surface area contributed by atoms with Crippen molar-refractivity contribution in [2.45, 2.75) is 65.1 Å². The lowest BCUT2D eigenvalue weighted by Gasteiger charge is -2.32. The molecule has 0 aromatic heterocycles. The Kier molecular flexibility index (Phi) is 8.83. The highest BCUT2D eigenvalue weighted by atomic mass is 35.5. The average molecular weight is 520 g/mol. The SMILES string of the molecule is Cc1cc(C)cc(N(CC(=O)N(Cc2ccc(Cl)cc2)[C@@H](C)C(=O)NC2CCCC2)S(C)(=O)=O)c1. The van der Waals surface area contributed by atoms with Crippen LogP contribution in [0.15, 0.2) is 42.5 Å². The van der Waals surface area contributed by atoms with Gasteiger partial charge in [-0.05, 0) is 74.6 Å². The van der Waals surface area contributed by atoms with E-state index in [9.17, 15) is 18.0 Å². The molecule has 1 aliphatic rings. The lowest BCUT2D eigenvalue weighted by molar-refractivity contribution is -0.139. The van der Waals surface area contributed by atoms with Crippen molar-refractivity contribution < 1.29 is 18.0 Å². The highest BCUT2D eigenvalue weighted by Gasteiger charge is 2.31. The van der Waals surface area contributed by atoms with Gasteiger partial charge < -0.3 is 10.2 Å². The topological polar surface area (TPSA) is 86.8 Å². The van der Waals surface area contributed by atoms with E-state index in [2.05, 4.69) is 5.32 Å². The first-order valence-electron chi connectivity index (χ1n) is 11.8. The number of halogens is 1. The fraction of sp³-hybridized carbons (Fsp3) is 0.462. The standard InChI is InChI=1S/C26H34ClN3O4S/c1-18-13-19(2)15-24(14-18)30(35(4,33)34)17-25(31)29(16-21-9-11-22(27)12-10-21)20(3)26(32)28-23-7-5-6-8-23/h9-15,20,23H,5-8,16-17H2,1-4H3,(H,28,32)/t20-/m0/s1. The highest BCUT2D eigenvalue weighted by Crippen LogP contribution is 2.23. The van der Waals surface area contributed by atoms with E-state index in [-0.39, 0.29) is 18.5 Å². The third kappa shape index (κ3) is 7.45. The van der Waals surface area contributed by atoms with Gasteiger partial charge in [-0.2, -0.15) is 0 Å². The molecule has 1 atom stereocenters. The van der Waals surface area contributed by atoms with E-state index in [4.69, 9.17) is 11.6 Å². The summed E-state index contributed by atoms with van der Waals surface area (Å²) in [5.74, 6) is -0.699. The van der Waals surface area contributed by atoms with E-state index in [0.29, 0.717) is 10.7 Å². The van der Waals surface area contributed by atoms with Crippen LogP contribution < -0.4 is 9.62 Å². The Morgan fingerprint density at radius 1 is 1.06 bits per heavy atom. The number of carbonyl (C=O) groups is 2. The van der Waals surface area contributed by atoms with Gasteiger partial charge >= 0.3 is 0 Å². The molecule has 1 fully saturated rings. The van der Waals surface area contributed by atoms with Crippen molar-refractivity contribution in [3.8, 4) is 0 Å². The van der Waals surface area contributed by atoms with E-state index in [1.165, 1.54) is 4.90 Å². The summed E-state index contributed by atoms with van der Waals surface area (Å²) in [6.07, 6.45) is 5.09. The van der Waals surface area contributed by atoms with Crippen LogP contribution in [-0.2, 0) is 26.2 Å². The number of aryl methyl sites for hydroxylation is 2. The normalized spacial score (nSPS) is 15.0. The molecule has 0 bridgehead atoms. The maximum Gasteiger partial charge on any atom is 0.244 e. The van der Waals surface area contributed by atoms with Gasteiger partial charge in [0.25, 0.3) is 0 Å². The lowest BCUT2D eigenvalue weighted by Crippen LogP contribution is -2.52. The number of benzene rings is 2. The van der Waals surface area contributed by atoms with Crippen molar-refractivity contribution in [2.75, 3.05) is 17.1 Å². The summed E-state index contributed by atoms with van der Waals surface area (Å²) in [4.78, 5) is 28.1. The zero-order valence-corrected chi connectivity index (χ0v) is 22.3. The molecule has 2 aromatic rings. The number of rotatable bonds is 9. The van der Waals surface area contributed by atoms with Crippen LogP contribution in [0.2, 0.25) is 5.02 Å². The maximum absolute atomic E-state index is 13.6. The molecule has 0 saturated heterocycles. The van der Waals surface area contributed by atoms with Gasteiger partial charge in [-0.15, -0.1) is 0 Å². The van der Waals surface area contributed by atoms with Gasteiger partial charge in [0.2, 0.25) is 21.8 Å². The second-order valence-corrected chi connectivity index (χ2v) is 11.8. The summed E-state index contributed by atoms with van der Waals surface area (Å²) in [5, 5.41) is 3.62. The summed E-state index contributed by atoms with van der Waals surface area (Å²) in [5.41, 5.74) is 3.00. The van der Waals surface area contributed by atoms with Crippen molar-refractivity contribution in [3.05, 3.63) is 64.2 Å². The predicted molar refractivity (Wildman–Crippen MR) is 140 cm³/mol. The molecule has 190 valence electrons. The molecular weight excluding hydrogens is 486 g/mol. The lowest BCUT2D eigenvalue weighted by atomic mass is 10.1. The zero-order chi connectivity index (χ0) is 25.8. The number of hydrogen-bond acceptors (Lipinski definition) is 4. The van der Waals surface area contributed by atoms with Crippen LogP contribution in [0, 0.1) is 13.8 Å². The van der Waals surface area contributed by atoms with Gasteiger partial charge in [-0.3, -0.25) is 13.9 Å². The zero-order valence-electron chi connectivity index (χ0n) is 20.8. The number of carbonyl (C=O) groups excluding carboxylic acids is 2. The molecule has 1 N–H and O–H groups in total. The molecule has 0 unspecified atom stereocenters. The minimum atomic E-state index is -3.76. The fourth-order valence-electron chi connectivity index (χ4n) is 4.47. The molecule has 1 aliphatic carbocycles.